The molecule has 14 heavy (non-hydrogen) atoms. The van der Waals surface area contributed by atoms with Crippen molar-refractivity contribution in [2.75, 3.05) is 0 Å². The Morgan fingerprint density at radius 2 is 2.21 bits per heavy atom. The average Bonchev–Trinajstić information content (AvgIpc) is 2.19. The molecule has 1 nitrogen and oxygen atoms in total. The van der Waals surface area contributed by atoms with Gasteiger partial charge >= 0.3 is 0 Å². The summed E-state index contributed by atoms with van der Waals surface area (Å²) in [5, 5.41) is 0. The fourth-order valence-corrected chi connectivity index (χ4v) is 2.40. The lowest BCUT2D eigenvalue weighted by atomic mass is 10.0. The lowest BCUT2D eigenvalue weighted by Crippen LogP contribution is -2.08. The zero-order valence-electron chi connectivity index (χ0n) is 8.91. The molecule has 0 aliphatic rings. The summed E-state index contributed by atoms with van der Waals surface area (Å²) in [6.07, 6.45) is 5.38. The average molecular weight is 256 g/mol. The van der Waals surface area contributed by atoms with Crippen LogP contribution < -0.4 is 0 Å². The van der Waals surface area contributed by atoms with Crippen molar-refractivity contribution in [3.8, 4) is 0 Å². The highest BCUT2D eigenvalue weighted by Crippen LogP contribution is 2.18. The number of alkyl halides is 1. The van der Waals surface area contributed by atoms with Gasteiger partial charge in [-0.1, -0.05) is 42.3 Å². The number of pyridine rings is 1. The van der Waals surface area contributed by atoms with Gasteiger partial charge in [-0.05, 0) is 24.5 Å². The van der Waals surface area contributed by atoms with E-state index in [0.29, 0.717) is 4.83 Å². The molecule has 0 aliphatic carbocycles. The van der Waals surface area contributed by atoms with Gasteiger partial charge in [0.1, 0.15) is 0 Å². The van der Waals surface area contributed by atoms with Crippen LogP contribution in [-0.4, -0.2) is 9.81 Å². The second kappa shape index (κ2) is 6.18. The predicted molar refractivity (Wildman–Crippen MR) is 64.7 cm³/mol. The summed E-state index contributed by atoms with van der Waals surface area (Å²) in [5.41, 5.74) is 1.18. The predicted octanol–water partition coefficient (Wildman–Crippen LogP) is 3.82. The number of aromatic nitrogens is 1. The van der Waals surface area contributed by atoms with E-state index < -0.39 is 0 Å². The molecule has 1 aromatic heterocycles. The first kappa shape index (κ1) is 11.7. The van der Waals surface area contributed by atoms with E-state index in [1.165, 1.54) is 18.5 Å². The van der Waals surface area contributed by atoms with Crippen molar-refractivity contribution >= 4 is 15.9 Å². The van der Waals surface area contributed by atoms with Gasteiger partial charge < -0.3 is 0 Å². The van der Waals surface area contributed by atoms with Crippen LogP contribution in [0.3, 0.4) is 0 Å². The topological polar surface area (TPSA) is 12.9 Å². The van der Waals surface area contributed by atoms with Crippen LogP contribution in [0.25, 0.3) is 0 Å². The van der Waals surface area contributed by atoms with Gasteiger partial charge in [0.15, 0.2) is 0 Å². The maximum absolute atomic E-state index is 4.32. The molecule has 1 aromatic rings. The minimum Gasteiger partial charge on any atom is -0.261 e. The summed E-state index contributed by atoms with van der Waals surface area (Å²) in [5.74, 6) is 0.795. The van der Waals surface area contributed by atoms with E-state index in [4.69, 9.17) is 0 Å². The maximum atomic E-state index is 4.32. The smallest absolute Gasteiger partial charge is 0.0414 e. The molecule has 78 valence electrons. The Kier molecular flexibility index (Phi) is 5.16. The van der Waals surface area contributed by atoms with Crippen molar-refractivity contribution in [1.29, 1.82) is 0 Å². The third-order valence-electron chi connectivity index (χ3n) is 2.51. The lowest BCUT2D eigenvalue weighted by molar-refractivity contribution is 0.505. The highest BCUT2D eigenvalue weighted by molar-refractivity contribution is 9.09. The third-order valence-corrected chi connectivity index (χ3v) is 3.21. The summed E-state index contributed by atoms with van der Waals surface area (Å²) >= 11 is 3.72. The van der Waals surface area contributed by atoms with Gasteiger partial charge in [-0.15, -0.1) is 0 Å². The molecule has 0 aromatic carbocycles. The Balaban J connectivity index is 2.37. The zero-order valence-corrected chi connectivity index (χ0v) is 10.5. The summed E-state index contributed by atoms with van der Waals surface area (Å²) < 4.78 is 0. The minimum atomic E-state index is 0.562. The van der Waals surface area contributed by atoms with Gasteiger partial charge in [-0.3, -0.25) is 4.98 Å². The number of nitrogens with zero attached hydrogens (tertiary/aromatic N) is 1. The van der Waals surface area contributed by atoms with Gasteiger partial charge in [0.25, 0.3) is 0 Å². The fourth-order valence-electron chi connectivity index (χ4n) is 1.43. The minimum absolute atomic E-state index is 0.562. The summed E-state index contributed by atoms with van der Waals surface area (Å²) in [4.78, 5) is 4.88. The monoisotopic (exact) mass is 255 g/mol. The molecule has 0 aliphatic heterocycles. The van der Waals surface area contributed by atoms with Crippen molar-refractivity contribution in [1.82, 2.24) is 4.98 Å². The molecule has 0 bridgehead atoms. The number of rotatable bonds is 5. The second-order valence-electron chi connectivity index (χ2n) is 3.87. The Morgan fingerprint density at radius 1 is 1.43 bits per heavy atom. The molecule has 2 heteroatoms. The lowest BCUT2D eigenvalue weighted by Gasteiger charge is -2.13. The Bertz CT molecular complexity index is 248. The normalized spacial score (nSPS) is 15.1. The molecule has 2 unspecified atom stereocenters. The van der Waals surface area contributed by atoms with Crippen molar-refractivity contribution in [3.05, 3.63) is 30.1 Å². The summed E-state index contributed by atoms with van der Waals surface area (Å²) in [7, 11) is 0. The molecule has 0 fully saturated rings. The van der Waals surface area contributed by atoms with E-state index in [2.05, 4.69) is 40.8 Å². The number of hydrogen-bond donors (Lipinski definition) is 0. The Hall–Kier alpha value is -0.370. The van der Waals surface area contributed by atoms with Crippen molar-refractivity contribution in [3.63, 3.8) is 0 Å². The molecule has 0 radical (unpaired) electrons. The van der Waals surface area contributed by atoms with Crippen LogP contribution in [0.4, 0.5) is 0 Å². The van der Waals surface area contributed by atoms with Crippen LogP contribution in [-0.2, 0) is 6.42 Å². The first-order valence-corrected chi connectivity index (χ1v) is 6.18. The van der Waals surface area contributed by atoms with Crippen LogP contribution in [0.1, 0.15) is 32.4 Å². The highest BCUT2D eigenvalue weighted by Gasteiger charge is 2.09. The fraction of sp³-hybridized carbons (Fsp3) is 0.583. The van der Waals surface area contributed by atoms with Gasteiger partial charge in [0.05, 0.1) is 0 Å². The molecule has 0 N–H and O–H groups in total. The maximum Gasteiger partial charge on any atom is 0.0414 e. The van der Waals surface area contributed by atoms with Crippen LogP contribution >= 0.6 is 15.9 Å². The molecule has 2 atom stereocenters. The van der Waals surface area contributed by atoms with E-state index in [1.807, 2.05) is 18.3 Å². The molecule has 0 amide bonds. The van der Waals surface area contributed by atoms with E-state index in [0.717, 1.165) is 12.3 Å². The van der Waals surface area contributed by atoms with Crippen molar-refractivity contribution in [2.45, 2.75) is 37.9 Å². The van der Waals surface area contributed by atoms with Crippen LogP contribution in [0.2, 0.25) is 0 Å². The molecular weight excluding hydrogens is 238 g/mol. The summed E-state index contributed by atoms with van der Waals surface area (Å²) in [6.45, 7) is 4.54. The summed E-state index contributed by atoms with van der Waals surface area (Å²) in [6, 6.07) is 6.09. The largest absolute Gasteiger partial charge is 0.261 e. The van der Waals surface area contributed by atoms with Crippen LogP contribution in [0, 0.1) is 5.92 Å². The number of hydrogen-bond acceptors (Lipinski definition) is 1. The van der Waals surface area contributed by atoms with Gasteiger partial charge in [0, 0.05) is 23.1 Å². The number of halogens is 1. The molecule has 0 saturated heterocycles. The molecule has 0 saturated carbocycles. The third kappa shape index (κ3) is 4.23. The van der Waals surface area contributed by atoms with E-state index >= 15 is 0 Å². The standard InChI is InChI=1S/C12H18BrN/c1-3-10(2)8-11(13)9-12-6-4-5-7-14-12/h4-7,10-11H,3,8-9H2,1-2H3. The van der Waals surface area contributed by atoms with Gasteiger partial charge in [-0.25, -0.2) is 0 Å². The van der Waals surface area contributed by atoms with Gasteiger partial charge in [-0.2, -0.15) is 0 Å². The molecule has 1 heterocycles. The van der Waals surface area contributed by atoms with E-state index in [9.17, 15) is 0 Å². The SMILES string of the molecule is CCC(C)CC(Br)Cc1ccccn1. The molecule has 0 spiro atoms. The van der Waals surface area contributed by atoms with Crippen LogP contribution in [0.5, 0.6) is 0 Å². The Labute approximate surface area is 95.1 Å². The highest BCUT2D eigenvalue weighted by atomic mass is 79.9. The van der Waals surface area contributed by atoms with Crippen molar-refractivity contribution < 1.29 is 0 Å². The molecular formula is C12H18BrN. The van der Waals surface area contributed by atoms with Gasteiger partial charge in [0.2, 0.25) is 0 Å². The first-order valence-electron chi connectivity index (χ1n) is 5.26. The second-order valence-corrected chi connectivity index (χ2v) is 5.17. The van der Waals surface area contributed by atoms with Crippen molar-refractivity contribution in [2.24, 2.45) is 5.92 Å². The quantitative estimate of drug-likeness (QED) is 0.730. The van der Waals surface area contributed by atoms with Crippen LogP contribution in [0.15, 0.2) is 24.4 Å². The Morgan fingerprint density at radius 3 is 2.79 bits per heavy atom. The molecule has 1 rings (SSSR count). The van der Waals surface area contributed by atoms with E-state index in [-0.39, 0.29) is 0 Å². The zero-order chi connectivity index (χ0) is 10.4. The first-order chi connectivity index (χ1) is 6.72. The van der Waals surface area contributed by atoms with E-state index in [1.54, 1.807) is 0 Å².